The molecule has 0 aromatic heterocycles. The molecule has 0 amide bonds. The molecule has 2 aliphatic rings. The van der Waals surface area contributed by atoms with Crippen molar-refractivity contribution in [1.29, 1.82) is 0 Å². The lowest BCUT2D eigenvalue weighted by molar-refractivity contribution is -0.119. The number of halogens is 1. The van der Waals surface area contributed by atoms with Crippen molar-refractivity contribution in [3.8, 4) is 0 Å². The normalized spacial score (nSPS) is 33.2. The van der Waals surface area contributed by atoms with E-state index < -0.39 is 0 Å². The quantitative estimate of drug-likeness (QED) is 0.832. The summed E-state index contributed by atoms with van der Waals surface area (Å²) >= 11 is 3.62. The second-order valence-electron chi connectivity index (χ2n) is 6.96. The van der Waals surface area contributed by atoms with Crippen molar-refractivity contribution >= 4 is 15.9 Å². The smallest absolute Gasteiger partial charge is 0.0632 e. The van der Waals surface area contributed by atoms with E-state index in [0.29, 0.717) is 11.3 Å². The van der Waals surface area contributed by atoms with E-state index in [-0.39, 0.29) is 5.60 Å². The Balaban J connectivity index is 1.94. The predicted octanol–water partition coefficient (Wildman–Crippen LogP) is 4.10. The molecule has 0 saturated carbocycles. The number of hydrogen-bond donors (Lipinski definition) is 1. The van der Waals surface area contributed by atoms with Gasteiger partial charge in [-0.25, -0.2) is 0 Å². The van der Waals surface area contributed by atoms with Crippen molar-refractivity contribution in [1.82, 2.24) is 5.32 Å². The van der Waals surface area contributed by atoms with Crippen LogP contribution < -0.4 is 5.32 Å². The van der Waals surface area contributed by atoms with Crippen LogP contribution in [0.4, 0.5) is 0 Å². The van der Waals surface area contributed by atoms with Gasteiger partial charge < -0.3 is 10.1 Å². The highest BCUT2D eigenvalue weighted by atomic mass is 79.9. The van der Waals surface area contributed by atoms with E-state index >= 15 is 0 Å². The summed E-state index contributed by atoms with van der Waals surface area (Å²) < 4.78 is 7.15. The van der Waals surface area contributed by atoms with Gasteiger partial charge in [-0.15, -0.1) is 0 Å². The molecule has 2 unspecified atom stereocenters. The molecule has 2 fully saturated rings. The molecular formula is C17H24BrNO. The zero-order valence-corrected chi connectivity index (χ0v) is 14.0. The number of nitrogens with one attached hydrogen (secondary N) is 1. The first-order valence-electron chi connectivity index (χ1n) is 7.61. The Morgan fingerprint density at radius 1 is 1.30 bits per heavy atom. The fraction of sp³-hybridized carbons (Fsp3) is 0.647. The summed E-state index contributed by atoms with van der Waals surface area (Å²) in [5.74, 6) is 0.594. The maximum absolute atomic E-state index is 5.97. The molecular weight excluding hydrogens is 314 g/mol. The van der Waals surface area contributed by atoms with Gasteiger partial charge in [0.05, 0.1) is 5.60 Å². The molecule has 3 heteroatoms. The number of benzene rings is 1. The molecule has 1 spiro atoms. The zero-order chi connectivity index (χ0) is 14.2. The average molecular weight is 338 g/mol. The monoisotopic (exact) mass is 337 g/mol. The highest BCUT2D eigenvalue weighted by Crippen LogP contribution is 2.52. The van der Waals surface area contributed by atoms with Gasteiger partial charge in [0.25, 0.3) is 0 Å². The molecule has 0 bridgehead atoms. The molecule has 3 rings (SSSR count). The third-order valence-corrected chi connectivity index (χ3v) is 5.50. The molecule has 1 N–H and O–H groups in total. The lowest BCUT2D eigenvalue weighted by Crippen LogP contribution is -2.51. The first-order valence-corrected chi connectivity index (χ1v) is 8.40. The summed E-state index contributed by atoms with van der Waals surface area (Å²) in [6.07, 6.45) is 3.62. The number of rotatable bonds is 1. The van der Waals surface area contributed by atoms with Gasteiger partial charge in [-0.2, -0.15) is 0 Å². The Labute approximate surface area is 130 Å². The largest absolute Gasteiger partial charge is 0.376 e. The lowest BCUT2D eigenvalue weighted by atomic mass is 9.60. The van der Waals surface area contributed by atoms with Gasteiger partial charge in [-0.1, -0.05) is 28.1 Å². The molecule has 0 aliphatic carbocycles. The topological polar surface area (TPSA) is 21.3 Å². The van der Waals surface area contributed by atoms with E-state index in [2.05, 4.69) is 59.4 Å². The van der Waals surface area contributed by atoms with Gasteiger partial charge in [-0.3, -0.25) is 0 Å². The van der Waals surface area contributed by atoms with E-state index in [1.165, 1.54) is 29.3 Å². The van der Waals surface area contributed by atoms with Crippen LogP contribution >= 0.6 is 15.9 Å². The summed E-state index contributed by atoms with van der Waals surface area (Å²) in [6.45, 7) is 7.62. The van der Waals surface area contributed by atoms with Crippen LogP contribution in [0.2, 0.25) is 0 Å². The molecule has 2 aliphatic heterocycles. The van der Waals surface area contributed by atoms with Crippen molar-refractivity contribution in [3.63, 3.8) is 0 Å². The maximum atomic E-state index is 5.97. The first kappa shape index (κ1) is 14.6. The minimum atomic E-state index is 0.0137. The molecule has 2 heterocycles. The van der Waals surface area contributed by atoms with Crippen molar-refractivity contribution in [2.75, 3.05) is 19.7 Å². The molecule has 1 aromatic rings. The molecule has 1 aromatic carbocycles. The zero-order valence-electron chi connectivity index (χ0n) is 12.4. The molecule has 0 radical (unpaired) electrons. The minimum absolute atomic E-state index is 0.0137. The number of piperidine rings is 1. The number of hydrogen-bond acceptors (Lipinski definition) is 2. The Bertz CT molecular complexity index is 484. The van der Waals surface area contributed by atoms with E-state index in [0.717, 1.165) is 19.7 Å². The fourth-order valence-corrected chi connectivity index (χ4v) is 4.61. The van der Waals surface area contributed by atoms with Crippen LogP contribution in [0.25, 0.3) is 0 Å². The summed E-state index contributed by atoms with van der Waals surface area (Å²) in [4.78, 5) is 0. The van der Waals surface area contributed by atoms with Crippen LogP contribution in [-0.4, -0.2) is 25.3 Å². The van der Waals surface area contributed by atoms with Crippen molar-refractivity contribution in [2.45, 2.75) is 44.6 Å². The lowest BCUT2D eigenvalue weighted by Gasteiger charge is -2.52. The van der Waals surface area contributed by atoms with E-state index in [4.69, 9.17) is 4.74 Å². The Kier molecular flexibility index (Phi) is 3.95. The standard InChI is InChI=1S/C17H24BrNO/c1-16(2)12-17(7-9-20-16)6-8-19-11-15(17)13-4-3-5-14(18)10-13/h3-5,10,15,19H,6-9,11-12H2,1-2H3. The highest BCUT2D eigenvalue weighted by Gasteiger charge is 2.47. The van der Waals surface area contributed by atoms with Gasteiger partial charge in [0.1, 0.15) is 0 Å². The molecule has 110 valence electrons. The van der Waals surface area contributed by atoms with Gasteiger partial charge in [0.15, 0.2) is 0 Å². The first-order chi connectivity index (χ1) is 9.51. The van der Waals surface area contributed by atoms with Gasteiger partial charge in [0, 0.05) is 23.5 Å². The van der Waals surface area contributed by atoms with Gasteiger partial charge in [0.2, 0.25) is 0 Å². The van der Waals surface area contributed by atoms with Gasteiger partial charge >= 0.3 is 0 Å². The molecule has 2 nitrogen and oxygen atoms in total. The Morgan fingerprint density at radius 3 is 2.90 bits per heavy atom. The van der Waals surface area contributed by atoms with Crippen LogP contribution in [0.15, 0.2) is 28.7 Å². The molecule has 2 atom stereocenters. The molecule has 2 saturated heterocycles. The van der Waals surface area contributed by atoms with Crippen molar-refractivity contribution in [3.05, 3.63) is 34.3 Å². The van der Waals surface area contributed by atoms with Crippen molar-refractivity contribution in [2.24, 2.45) is 5.41 Å². The fourth-order valence-electron chi connectivity index (χ4n) is 4.20. The number of ether oxygens (including phenoxy) is 1. The predicted molar refractivity (Wildman–Crippen MR) is 86.1 cm³/mol. The summed E-state index contributed by atoms with van der Waals surface area (Å²) in [5.41, 5.74) is 1.87. The van der Waals surface area contributed by atoms with Crippen LogP contribution in [0.5, 0.6) is 0 Å². The Morgan fingerprint density at radius 2 is 2.15 bits per heavy atom. The van der Waals surface area contributed by atoms with Crippen LogP contribution in [0.3, 0.4) is 0 Å². The van der Waals surface area contributed by atoms with E-state index in [1.54, 1.807) is 0 Å². The SMILES string of the molecule is CC1(C)CC2(CCNCC2c2cccc(Br)c2)CCO1. The van der Waals surface area contributed by atoms with Gasteiger partial charge in [-0.05, 0) is 62.8 Å². The third kappa shape index (κ3) is 2.81. The average Bonchev–Trinajstić information content (AvgIpc) is 2.37. The second-order valence-corrected chi connectivity index (χ2v) is 7.87. The van der Waals surface area contributed by atoms with E-state index in [1.807, 2.05) is 0 Å². The summed E-state index contributed by atoms with van der Waals surface area (Å²) in [5, 5.41) is 3.60. The summed E-state index contributed by atoms with van der Waals surface area (Å²) in [7, 11) is 0. The van der Waals surface area contributed by atoms with Crippen molar-refractivity contribution < 1.29 is 4.74 Å². The minimum Gasteiger partial charge on any atom is -0.376 e. The second kappa shape index (κ2) is 5.43. The van der Waals surface area contributed by atoms with Crippen LogP contribution in [0, 0.1) is 5.41 Å². The maximum Gasteiger partial charge on any atom is 0.0632 e. The third-order valence-electron chi connectivity index (χ3n) is 5.01. The van der Waals surface area contributed by atoms with Crippen LogP contribution in [-0.2, 0) is 4.74 Å². The Hall–Kier alpha value is -0.380. The summed E-state index contributed by atoms with van der Waals surface area (Å²) in [6, 6.07) is 8.85. The molecule has 20 heavy (non-hydrogen) atoms. The van der Waals surface area contributed by atoms with E-state index in [9.17, 15) is 0 Å². The van der Waals surface area contributed by atoms with Crippen LogP contribution in [0.1, 0.15) is 44.6 Å². The highest BCUT2D eigenvalue weighted by molar-refractivity contribution is 9.10.